The van der Waals surface area contributed by atoms with Gasteiger partial charge in [0.1, 0.15) is 10.4 Å². The highest BCUT2D eigenvalue weighted by Gasteiger charge is 2.14. The number of carbonyl (C=O) groups is 1. The zero-order valence-electron chi connectivity index (χ0n) is 9.60. The van der Waals surface area contributed by atoms with E-state index in [0.29, 0.717) is 15.9 Å². The Morgan fingerprint density at radius 1 is 1.33 bits per heavy atom. The van der Waals surface area contributed by atoms with Gasteiger partial charge in [-0.05, 0) is 46.3 Å². The molecule has 1 heterocycles. The molecule has 1 aromatic heterocycles. The third-order valence-corrected chi connectivity index (χ3v) is 2.91. The summed E-state index contributed by atoms with van der Waals surface area (Å²) in [7, 11) is 1.60. The molecule has 0 radical (unpaired) electrons. The molecule has 0 spiro atoms. The first kappa shape index (κ1) is 12.7. The predicted molar refractivity (Wildman–Crippen MR) is 71.1 cm³/mol. The highest BCUT2D eigenvalue weighted by molar-refractivity contribution is 9.10. The van der Waals surface area contributed by atoms with E-state index in [0.717, 1.165) is 0 Å². The average molecular weight is 309 g/mol. The molecule has 0 atom stereocenters. The summed E-state index contributed by atoms with van der Waals surface area (Å²) >= 11 is 3.21. The van der Waals surface area contributed by atoms with Crippen molar-refractivity contribution in [2.75, 3.05) is 11.9 Å². The van der Waals surface area contributed by atoms with Crippen molar-refractivity contribution in [1.82, 2.24) is 4.98 Å². The Morgan fingerprint density at radius 2 is 2.11 bits per heavy atom. The molecule has 18 heavy (non-hydrogen) atoms. The van der Waals surface area contributed by atoms with E-state index in [1.807, 2.05) is 0 Å². The topological polar surface area (TPSA) is 33.2 Å². The quantitative estimate of drug-likeness (QED) is 0.798. The Labute approximate surface area is 112 Å². The number of rotatable bonds is 2. The molecule has 2 rings (SSSR count). The van der Waals surface area contributed by atoms with Gasteiger partial charge in [-0.3, -0.25) is 4.79 Å². The third-order valence-electron chi connectivity index (χ3n) is 2.47. The Morgan fingerprint density at radius 3 is 2.78 bits per heavy atom. The number of anilines is 1. The highest BCUT2D eigenvalue weighted by atomic mass is 79.9. The Hall–Kier alpha value is -1.75. The van der Waals surface area contributed by atoms with Gasteiger partial charge in [0, 0.05) is 24.5 Å². The van der Waals surface area contributed by atoms with Crippen molar-refractivity contribution < 1.29 is 9.18 Å². The van der Waals surface area contributed by atoms with Gasteiger partial charge in [-0.1, -0.05) is 6.07 Å². The summed E-state index contributed by atoms with van der Waals surface area (Å²) in [5.74, 6) is -0.591. The number of aromatic nitrogens is 1. The van der Waals surface area contributed by atoms with Crippen molar-refractivity contribution in [2.45, 2.75) is 0 Å². The maximum Gasteiger partial charge on any atom is 0.258 e. The minimum Gasteiger partial charge on any atom is -0.311 e. The van der Waals surface area contributed by atoms with Gasteiger partial charge >= 0.3 is 0 Å². The number of hydrogen-bond acceptors (Lipinski definition) is 2. The average Bonchev–Trinajstić information content (AvgIpc) is 2.37. The summed E-state index contributed by atoms with van der Waals surface area (Å²) in [6.45, 7) is 0. The minimum absolute atomic E-state index is 0.219. The van der Waals surface area contributed by atoms with Gasteiger partial charge in [0.15, 0.2) is 0 Å². The van der Waals surface area contributed by atoms with Crippen LogP contribution in [0.5, 0.6) is 0 Å². The van der Waals surface area contributed by atoms with Crippen LogP contribution in [-0.4, -0.2) is 17.9 Å². The largest absolute Gasteiger partial charge is 0.311 e. The molecule has 0 saturated heterocycles. The van der Waals surface area contributed by atoms with Gasteiger partial charge in [0.25, 0.3) is 5.91 Å². The van der Waals surface area contributed by atoms with Crippen molar-refractivity contribution >= 4 is 27.5 Å². The molecule has 0 bridgehead atoms. The van der Waals surface area contributed by atoms with Crippen LogP contribution in [0.25, 0.3) is 0 Å². The smallest absolute Gasteiger partial charge is 0.258 e. The van der Waals surface area contributed by atoms with Crippen molar-refractivity contribution in [3.05, 3.63) is 58.6 Å². The Kier molecular flexibility index (Phi) is 3.72. The number of hydrogen-bond donors (Lipinski definition) is 0. The first-order valence-electron chi connectivity index (χ1n) is 5.23. The predicted octanol–water partition coefficient (Wildman–Crippen LogP) is 3.26. The highest BCUT2D eigenvalue weighted by Crippen LogP contribution is 2.17. The van der Waals surface area contributed by atoms with Crippen LogP contribution in [0.3, 0.4) is 0 Å². The van der Waals surface area contributed by atoms with E-state index in [1.54, 1.807) is 31.3 Å². The van der Waals surface area contributed by atoms with E-state index in [4.69, 9.17) is 0 Å². The molecule has 0 saturated carbocycles. The number of carbonyl (C=O) groups excluding carboxylic acids is 1. The summed E-state index contributed by atoms with van der Waals surface area (Å²) in [6, 6.07) is 9.13. The lowest BCUT2D eigenvalue weighted by Crippen LogP contribution is -2.26. The third kappa shape index (κ3) is 2.73. The van der Waals surface area contributed by atoms with Gasteiger partial charge in [0.2, 0.25) is 0 Å². The number of halogens is 2. The second kappa shape index (κ2) is 5.27. The maximum atomic E-state index is 13.1. The standard InChI is InChI=1S/C13H10BrFN2O/c1-17(11-4-2-3-10(15)8-11)13(18)9-5-6-16-12(14)7-9/h2-8H,1H3. The molecular formula is C13H10BrFN2O. The van der Waals surface area contributed by atoms with Crippen LogP contribution < -0.4 is 4.90 Å². The van der Waals surface area contributed by atoms with Crippen LogP contribution in [0.4, 0.5) is 10.1 Å². The minimum atomic E-state index is -0.372. The van der Waals surface area contributed by atoms with Gasteiger partial charge in [0.05, 0.1) is 0 Å². The van der Waals surface area contributed by atoms with Crippen molar-refractivity contribution in [3.8, 4) is 0 Å². The molecule has 0 N–H and O–H groups in total. The van der Waals surface area contributed by atoms with Crippen LogP contribution in [-0.2, 0) is 0 Å². The summed E-state index contributed by atoms with van der Waals surface area (Å²) in [6.07, 6.45) is 1.54. The Balaban J connectivity index is 2.29. The fourth-order valence-electron chi connectivity index (χ4n) is 1.53. The summed E-state index contributed by atoms with van der Waals surface area (Å²) in [5, 5.41) is 0. The van der Waals surface area contributed by atoms with Crippen LogP contribution in [0.2, 0.25) is 0 Å². The molecular weight excluding hydrogens is 299 g/mol. The molecule has 0 aliphatic rings. The molecule has 2 aromatic rings. The van der Waals surface area contributed by atoms with E-state index in [-0.39, 0.29) is 11.7 Å². The van der Waals surface area contributed by atoms with Crippen LogP contribution in [0.15, 0.2) is 47.2 Å². The Bertz CT molecular complexity index is 589. The number of pyridine rings is 1. The first-order chi connectivity index (χ1) is 8.58. The first-order valence-corrected chi connectivity index (χ1v) is 6.02. The summed E-state index contributed by atoms with van der Waals surface area (Å²) in [4.78, 5) is 17.5. The molecule has 3 nitrogen and oxygen atoms in total. The number of benzene rings is 1. The van der Waals surface area contributed by atoms with Crippen LogP contribution in [0, 0.1) is 5.82 Å². The second-order valence-electron chi connectivity index (χ2n) is 3.71. The van der Waals surface area contributed by atoms with Crippen molar-refractivity contribution in [3.63, 3.8) is 0 Å². The van der Waals surface area contributed by atoms with E-state index in [9.17, 15) is 9.18 Å². The summed E-state index contributed by atoms with van der Waals surface area (Å²) in [5.41, 5.74) is 0.997. The van der Waals surface area contributed by atoms with E-state index >= 15 is 0 Å². The number of nitrogens with zero attached hydrogens (tertiary/aromatic N) is 2. The van der Waals surface area contributed by atoms with Crippen molar-refractivity contribution in [2.24, 2.45) is 0 Å². The van der Waals surface area contributed by atoms with E-state index < -0.39 is 0 Å². The molecule has 1 aromatic carbocycles. The van der Waals surface area contributed by atoms with Crippen LogP contribution >= 0.6 is 15.9 Å². The van der Waals surface area contributed by atoms with E-state index in [2.05, 4.69) is 20.9 Å². The lowest BCUT2D eigenvalue weighted by molar-refractivity contribution is 0.0993. The molecule has 92 valence electrons. The molecule has 1 amide bonds. The van der Waals surface area contributed by atoms with Gasteiger partial charge < -0.3 is 4.90 Å². The maximum absolute atomic E-state index is 13.1. The SMILES string of the molecule is CN(C(=O)c1ccnc(Br)c1)c1cccc(F)c1. The monoisotopic (exact) mass is 308 g/mol. The molecule has 0 fully saturated rings. The van der Waals surface area contributed by atoms with Crippen molar-refractivity contribution in [1.29, 1.82) is 0 Å². The normalized spacial score (nSPS) is 10.2. The summed E-state index contributed by atoms with van der Waals surface area (Å²) < 4.78 is 13.7. The fraction of sp³-hybridized carbons (Fsp3) is 0.0769. The fourth-order valence-corrected chi connectivity index (χ4v) is 1.90. The lowest BCUT2D eigenvalue weighted by atomic mass is 10.2. The number of amides is 1. The van der Waals surface area contributed by atoms with Gasteiger partial charge in [-0.2, -0.15) is 0 Å². The zero-order valence-corrected chi connectivity index (χ0v) is 11.2. The van der Waals surface area contributed by atoms with Gasteiger partial charge in [-0.15, -0.1) is 0 Å². The lowest BCUT2D eigenvalue weighted by Gasteiger charge is -2.17. The second-order valence-corrected chi connectivity index (χ2v) is 4.52. The zero-order chi connectivity index (χ0) is 13.1. The van der Waals surface area contributed by atoms with Gasteiger partial charge in [-0.25, -0.2) is 9.37 Å². The van der Waals surface area contributed by atoms with Crippen LogP contribution in [0.1, 0.15) is 10.4 Å². The molecule has 0 aliphatic heterocycles. The molecule has 0 unspecified atom stereocenters. The molecule has 5 heteroatoms. The molecule has 0 aliphatic carbocycles. The van der Waals surface area contributed by atoms with E-state index in [1.165, 1.54) is 23.2 Å².